The molecule has 3 atom stereocenters. The highest BCUT2D eigenvalue weighted by Gasteiger charge is 2.36. The molecule has 3 amide bonds. The average molecular weight is 395 g/mol. The first-order valence-electron chi connectivity index (χ1n) is 6.56. The lowest BCUT2D eigenvalue weighted by Crippen LogP contribution is -2.39. The van der Waals surface area contributed by atoms with Crippen molar-refractivity contribution in [2.45, 2.75) is 18.7 Å². The molecular formula is C12H18N3O10P. The third kappa shape index (κ3) is 9.44. The SMILES string of the molecule is C=CC(NC(=O)O)OP(=O)(OC(C=C)NC(=O)O)OC(C=C)NC(=O)O. The average Bonchev–Trinajstić information content (AvgIpc) is 2.51. The van der Waals surface area contributed by atoms with Crippen LogP contribution >= 0.6 is 7.82 Å². The van der Waals surface area contributed by atoms with Gasteiger partial charge in [0.2, 0.25) is 0 Å². The minimum atomic E-state index is -4.80. The zero-order valence-corrected chi connectivity index (χ0v) is 14.1. The van der Waals surface area contributed by atoms with Crippen LogP contribution in [0.5, 0.6) is 0 Å². The summed E-state index contributed by atoms with van der Waals surface area (Å²) in [6, 6.07) is 0. The maximum Gasteiger partial charge on any atom is 0.481 e. The molecule has 14 heteroatoms. The van der Waals surface area contributed by atoms with E-state index in [2.05, 4.69) is 19.7 Å². The van der Waals surface area contributed by atoms with Crippen LogP contribution in [0.1, 0.15) is 0 Å². The van der Waals surface area contributed by atoms with Crippen molar-refractivity contribution in [3.8, 4) is 0 Å². The molecule has 6 N–H and O–H groups in total. The van der Waals surface area contributed by atoms with E-state index >= 15 is 0 Å². The van der Waals surface area contributed by atoms with Crippen molar-refractivity contribution in [2.24, 2.45) is 0 Å². The van der Waals surface area contributed by atoms with E-state index in [1.54, 1.807) is 16.0 Å². The lowest BCUT2D eigenvalue weighted by Gasteiger charge is -2.27. The van der Waals surface area contributed by atoms with Crippen LogP contribution in [-0.4, -0.2) is 52.3 Å². The summed E-state index contributed by atoms with van der Waals surface area (Å²) in [4.78, 5) is 32.0. The summed E-state index contributed by atoms with van der Waals surface area (Å²) >= 11 is 0. The number of hydrogen-bond donors (Lipinski definition) is 6. The van der Waals surface area contributed by atoms with Gasteiger partial charge in [-0.3, -0.25) is 29.5 Å². The molecule has 26 heavy (non-hydrogen) atoms. The Hall–Kier alpha value is -2.86. The molecule has 0 saturated heterocycles. The number of amides is 3. The molecule has 146 valence electrons. The molecule has 0 aliphatic heterocycles. The highest BCUT2D eigenvalue weighted by atomic mass is 31.2. The summed E-state index contributed by atoms with van der Waals surface area (Å²) in [6.45, 7) is 9.75. The number of phosphoric ester groups is 1. The fourth-order valence-corrected chi connectivity index (χ4v) is 2.64. The zero-order chi connectivity index (χ0) is 20.3. The molecule has 0 aliphatic rings. The number of hydrogen-bond acceptors (Lipinski definition) is 7. The second-order valence-electron chi connectivity index (χ2n) is 4.08. The van der Waals surface area contributed by atoms with Crippen LogP contribution in [0, 0.1) is 0 Å². The first kappa shape index (κ1) is 23.1. The molecule has 0 spiro atoms. The molecular weight excluding hydrogens is 377 g/mol. The van der Waals surface area contributed by atoms with Crippen LogP contribution in [-0.2, 0) is 18.1 Å². The summed E-state index contributed by atoms with van der Waals surface area (Å²) in [5.74, 6) is 0. The van der Waals surface area contributed by atoms with Crippen molar-refractivity contribution in [1.29, 1.82) is 0 Å². The van der Waals surface area contributed by atoms with E-state index in [0.717, 1.165) is 18.2 Å². The van der Waals surface area contributed by atoms with Crippen molar-refractivity contribution < 1.29 is 47.8 Å². The van der Waals surface area contributed by atoms with Crippen LogP contribution in [0.4, 0.5) is 14.4 Å². The van der Waals surface area contributed by atoms with Gasteiger partial charge in [-0.15, -0.1) is 0 Å². The van der Waals surface area contributed by atoms with Crippen LogP contribution in [0.15, 0.2) is 38.0 Å². The third-order valence-corrected chi connectivity index (χ3v) is 3.62. The maximum atomic E-state index is 12.8. The molecule has 0 rings (SSSR count). The Kier molecular flexibility index (Phi) is 9.69. The van der Waals surface area contributed by atoms with Crippen LogP contribution in [0.2, 0.25) is 0 Å². The van der Waals surface area contributed by atoms with Gasteiger partial charge in [-0.25, -0.2) is 18.9 Å². The molecule has 0 aliphatic carbocycles. The van der Waals surface area contributed by atoms with E-state index in [-0.39, 0.29) is 0 Å². The predicted octanol–water partition coefficient (Wildman–Crippen LogP) is 1.48. The van der Waals surface area contributed by atoms with Gasteiger partial charge in [-0.05, 0) is 18.2 Å². The molecule has 13 nitrogen and oxygen atoms in total. The molecule has 0 fully saturated rings. The molecule has 3 unspecified atom stereocenters. The molecule has 0 aromatic rings. The van der Waals surface area contributed by atoms with Gasteiger partial charge in [0.15, 0.2) is 18.7 Å². The molecule has 0 heterocycles. The van der Waals surface area contributed by atoms with E-state index in [4.69, 9.17) is 28.9 Å². The van der Waals surface area contributed by atoms with Crippen molar-refractivity contribution in [2.75, 3.05) is 0 Å². The Morgan fingerprint density at radius 2 is 0.962 bits per heavy atom. The van der Waals surface area contributed by atoms with Gasteiger partial charge in [-0.1, -0.05) is 19.7 Å². The Morgan fingerprint density at radius 1 is 0.731 bits per heavy atom. The van der Waals surface area contributed by atoms with E-state index in [9.17, 15) is 18.9 Å². The Balaban J connectivity index is 5.54. The highest BCUT2D eigenvalue weighted by Crippen LogP contribution is 2.52. The summed E-state index contributed by atoms with van der Waals surface area (Å²) in [5, 5.41) is 31.4. The number of phosphoric acid groups is 1. The maximum absolute atomic E-state index is 12.8. The fraction of sp³-hybridized carbons (Fsp3) is 0.250. The Labute approximate surface area is 147 Å². The topological polar surface area (TPSA) is 193 Å². The summed E-state index contributed by atoms with van der Waals surface area (Å²) < 4.78 is 27.4. The first-order chi connectivity index (χ1) is 12.0. The van der Waals surface area contributed by atoms with Gasteiger partial charge >= 0.3 is 26.1 Å². The Morgan fingerprint density at radius 3 is 1.12 bits per heavy atom. The van der Waals surface area contributed by atoms with Gasteiger partial charge in [0.25, 0.3) is 0 Å². The highest BCUT2D eigenvalue weighted by molar-refractivity contribution is 7.48. The minimum absolute atomic E-state index is 0.884. The van der Waals surface area contributed by atoms with E-state index in [1.807, 2.05) is 0 Å². The number of carbonyl (C=O) groups is 3. The van der Waals surface area contributed by atoms with Crippen molar-refractivity contribution in [3.63, 3.8) is 0 Å². The Bertz CT molecular complexity index is 529. The number of rotatable bonds is 12. The second kappa shape index (κ2) is 10.9. The molecule has 0 aromatic heterocycles. The molecule has 0 aromatic carbocycles. The second-order valence-corrected chi connectivity index (χ2v) is 5.61. The van der Waals surface area contributed by atoms with Gasteiger partial charge in [0.05, 0.1) is 0 Å². The van der Waals surface area contributed by atoms with Gasteiger partial charge in [-0.2, -0.15) is 0 Å². The molecule has 0 radical (unpaired) electrons. The smallest absolute Gasteiger partial charge is 0.465 e. The quantitative estimate of drug-likeness (QED) is 0.160. The van der Waals surface area contributed by atoms with E-state index in [1.165, 1.54) is 0 Å². The minimum Gasteiger partial charge on any atom is -0.465 e. The van der Waals surface area contributed by atoms with Gasteiger partial charge in [0.1, 0.15) is 0 Å². The van der Waals surface area contributed by atoms with Crippen molar-refractivity contribution in [3.05, 3.63) is 38.0 Å². The van der Waals surface area contributed by atoms with Gasteiger partial charge < -0.3 is 15.3 Å². The van der Waals surface area contributed by atoms with Crippen LogP contribution < -0.4 is 16.0 Å². The molecule has 0 bridgehead atoms. The van der Waals surface area contributed by atoms with Crippen molar-refractivity contribution in [1.82, 2.24) is 16.0 Å². The van der Waals surface area contributed by atoms with E-state index < -0.39 is 44.8 Å². The monoisotopic (exact) mass is 395 g/mol. The normalized spacial score (nSPS) is 16.0. The fourth-order valence-electron chi connectivity index (χ4n) is 1.24. The molecule has 0 saturated carbocycles. The summed E-state index contributed by atoms with van der Waals surface area (Å²) in [5.41, 5.74) is 0. The predicted molar refractivity (Wildman–Crippen MR) is 86.3 cm³/mol. The number of carboxylic acid groups (broad SMARTS) is 3. The standard InChI is InChI=1S/C12H18N3O10P/c1-4-7(13-10(16)17)23-26(22,24-8(5-2)14-11(18)19)25-9(6-3)15-12(20)21/h4-9,13-15H,1-3H2,(H,16,17)(H,18,19)(H,20,21). The van der Waals surface area contributed by atoms with Gasteiger partial charge in [0, 0.05) is 0 Å². The number of nitrogens with one attached hydrogen (secondary N) is 3. The zero-order valence-electron chi connectivity index (χ0n) is 13.2. The lowest BCUT2D eigenvalue weighted by atomic mass is 10.5. The first-order valence-corrected chi connectivity index (χ1v) is 8.02. The summed E-state index contributed by atoms with van der Waals surface area (Å²) in [6.07, 6.45) is -6.90. The van der Waals surface area contributed by atoms with Crippen LogP contribution in [0.25, 0.3) is 0 Å². The van der Waals surface area contributed by atoms with E-state index in [0.29, 0.717) is 0 Å². The van der Waals surface area contributed by atoms with Crippen molar-refractivity contribution >= 4 is 26.1 Å². The lowest BCUT2D eigenvalue weighted by molar-refractivity contribution is 0.0422. The third-order valence-electron chi connectivity index (χ3n) is 2.17. The van der Waals surface area contributed by atoms with Crippen LogP contribution in [0.3, 0.4) is 0 Å². The largest absolute Gasteiger partial charge is 0.481 e. The summed E-state index contributed by atoms with van der Waals surface area (Å²) in [7, 11) is -4.80.